The second-order valence-corrected chi connectivity index (χ2v) is 9.17. The number of carbonyl (C=O) groups is 2. The van der Waals surface area contributed by atoms with Gasteiger partial charge in [-0.1, -0.05) is 18.5 Å². The van der Waals surface area contributed by atoms with Gasteiger partial charge in [-0.2, -0.15) is 0 Å². The molecule has 2 aromatic carbocycles. The normalized spacial score (nSPS) is 17.0. The van der Waals surface area contributed by atoms with Gasteiger partial charge in [-0.05, 0) is 42.5 Å². The molecule has 1 aliphatic heterocycles. The van der Waals surface area contributed by atoms with Crippen molar-refractivity contribution >= 4 is 44.6 Å². The third-order valence-electron chi connectivity index (χ3n) is 4.60. The van der Waals surface area contributed by atoms with Gasteiger partial charge in [0.05, 0.1) is 22.3 Å². The van der Waals surface area contributed by atoms with Gasteiger partial charge in [0.15, 0.2) is 9.84 Å². The minimum atomic E-state index is -3.48. The van der Waals surface area contributed by atoms with Crippen LogP contribution in [0.25, 0.3) is 0 Å². The van der Waals surface area contributed by atoms with Crippen LogP contribution >= 0.6 is 11.6 Å². The Labute approximate surface area is 167 Å². The Bertz CT molecular complexity index is 1020. The number of carbonyl (C=O) groups excluding carboxylic acids is 2. The minimum absolute atomic E-state index is 0.00285. The van der Waals surface area contributed by atoms with Crippen molar-refractivity contribution in [1.82, 2.24) is 0 Å². The number of hydrogen-bond acceptors (Lipinski definition) is 5. The average Bonchev–Trinajstić information content (AvgIpc) is 3.06. The molecule has 148 valence electrons. The predicted molar refractivity (Wildman–Crippen MR) is 106 cm³/mol. The molecule has 9 heteroatoms. The zero-order chi connectivity index (χ0) is 20.5. The Hall–Kier alpha value is -2.58. The Morgan fingerprint density at radius 2 is 1.93 bits per heavy atom. The lowest BCUT2D eigenvalue weighted by molar-refractivity contribution is -0.122. The summed E-state index contributed by atoms with van der Waals surface area (Å²) in [5.41, 5.74) is 0.639. The molecule has 0 spiro atoms. The van der Waals surface area contributed by atoms with Crippen molar-refractivity contribution in [2.24, 2.45) is 5.92 Å². The number of nitrogens with one attached hydrogen (secondary N) is 1. The molecule has 0 aliphatic carbocycles. The van der Waals surface area contributed by atoms with Gasteiger partial charge in [-0.15, -0.1) is 0 Å². The summed E-state index contributed by atoms with van der Waals surface area (Å²) < 4.78 is 24.0. The fourth-order valence-electron chi connectivity index (χ4n) is 2.96. The summed E-state index contributed by atoms with van der Waals surface area (Å²) in [5, 5.41) is 13.1. The molecule has 0 saturated carbocycles. The number of nitrogens with zero attached hydrogens (tertiary/aromatic N) is 1. The topological polar surface area (TPSA) is 104 Å². The molecule has 1 heterocycles. The number of sulfone groups is 1. The van der Waals surface area contributed by atoms with Crippen molar-refractivity contribution in [3.05, 3.63) is 47.5 Å². The van der Waals surface area contributed by atoms with Crippen molar-refractivity contribution in [1.29, 1.82) is 0 Å². The van der Waals surface area contributed by atoms with E-state index in [-0.39, 0.29) is 41.0 Å². The first-order valence-corrected chi connectivity index (χ1v) is 10.7. The first-order chi connectivity index (χ1) is 13.2. The van der Waals surface area contributed by atoms with E-state index in [0.717, 1.165) is 0 Å². The van der Waals surface area contributed by atoms with Crippen LogP contribution < -0.4 is 10.2 Å². The minimum Gasteiger partial charge on any atom is -0.506 e. The van der Waals surface area contributed by atoms with Crippen LogP contribution in [0.4, 0.5) is 11.4 Å². The van der Waals surface area contributed by atoms with Gasteiger partial charge in [-0.25, -0.2) is 8.42 Å². The summed E-state index contributed by atoms with van der Waals surface area (Å²) in [6.07, 6.45) is 0.0160. The van der Waals surface area contributed by atoms with Gasteiger partial charge in [0, 0.05) is 23.7 Å². The highest BCUT2D eigenvalue weighted by molar-refractivity contribution is 7.91. The number of rotatable bonds is 5. The third kappa shape index (κ3) is 4.13. The standard InChI is InChI=1S/C19H19ClN2O5S/c1-2-28(26,27)15-7-8-17(23)16(10-15)21-19(25)12-9-18(24)22(11-12)14-5-3-13(20)4-6-14/h3-8,10,12,23H,2,9,11H2,1H3,(H,21,25). The van der Waals surface area contributed by atoms with E-state index in [1.54, 1.807) is 24.3 Å². The number of halogens is 1. The van der Waals surface area contributed by atoms with Crippen LogP contribution in [-0.2, 0) is 19.4 Å². The summed E-state index contributed by atoms with van der Waals surface area (Å²) in [5.74, 6) is -1.64. The lowest BCUT2D eigenvalue weighted by Crippen LogP contribution is -2.28. The number of phenols is 1. The highest BCUT2D eigenvalue weighted by Gasteiger charge is 2.35. The average molecular weight is 423 g/mol. The molecule has 3 rings (SSSR count). The molecular formula is C19H19ClN2O5S. The van der Waals surface area contributed by atoms with Crippen LogP contribution in [0.2, 0.25) is 5.02 Å². The van der Waals surface area contributed by atoms with E-state index in [0.29, 0.717) is 10.7 Å². The zero-order valence-corrected chi connectivity index (χ0v) is 16.6. The molecule has 1 aliphatic rings. The van der Waals surface area contributed by atoms with Crippen molar-refractivity contribution < 1.29 is 23.1 Å². The van der Waals surface area contributed by atoms with Crippen LogP contribution in [0.1, 0.15) is 13.3 Å². The van der Waals surface area contributed by atoms with E-state index in [2.05, 4.69) is 5.32 Å². The van der Waals surface area contributed by atoms with Crippen LogP contribution in [0, 0.1) is 5.92 Å². The van der Waals surface area contributed by atoms with Gasteiger partial charge in [0.1, 0.15) is 5.75 Å². The van der Waals surface area contributed by atoms with E-state index in [1.165, 1.54) is 30.0 Å². The van der Waals surface area contributed by atoms with Crippen molar-refractivity contribution in [2.45, 2.75) is 18.2 Å². The molecular weight excluding hydrogens is 404 g/mol. The third-order valence-corrected chi connectivity index (χ3v) is 6.58. The molecule has 0 bridgehead atoms. The molecule has 1 saturated heterocycles. The lowest BCUT2D eigenvalue weighted by atomic mass is 10.1. The quantitative estimate of drug-likeness (QED) is 0.721. The Balaban J connectivity index is 1.76. The van der Waals surface area contributed by atoms with E-state index in [4.69, 9.17) is 11.6 Å². The van der Waals surface area contributed by atoms with E-state index in [1.807, 2.05) is 0 Å². The number of benzene rings is 2. The van der Waals surface area contributed by atoms with Gasteiger partial charge in [0.2, 0.25) is 11.8 Å². The monoisotopic (exact) mass is 422 g/mol. The lowest BCUT2D eigenvalue weighted by Gasteiger charge is -2.17. The first-order valence-electron chi connectivity index (χ1n) is 8.64. The van der Waals surface area contributed by atoms with Gasteiger partial charge >= 0.3 is 0 Å². The fraction of sp³-hybridized carbons (Fsp3) is 0.263. The van der Waals surface area contributed by atoms with E-state index < -0.39 is 21.7 Å². The molecule has 7 nitrogen and oxygen atoms in total. The molecule has 2 amide bonds. The van der Waals surface area contributed by atoms with Gasteiger partial charge < -0.3 is 15.3 Å². The van der Waals surface area contributed by atoms with Crippen LogP contribution in [0.15, 0.2) is 47.4 Å². The molecule has 0 radical (unpaired) electrons. The molecule has 28 heavy (non-hydrogen) atoms. The molecule has 1 fully saturated rings. The van der Waals surface area contributed by atoms with Crippen molar-refractivity contribution in [3.63, 3.8) is 0 Å². The number of hydrogen-bond donors (Lipinski definition) is 2. The number of phenolic OH excluding ortho intramolecular Hbond substituents is 1. The Kier molecular flexibility index (Phi) is 5.62. The summed E-state index contributed by atoms with van der Waals surface area (Å²) in [4.78, 5) is 26.4. The maximum Gasteiger partial charge on any atom is 0.229 e. The summed E-state index contributed by atoms with van der Waals surface area (Å²) in [6, 6.07) is 10.4. The second kappa shape index (κ2) is 7.81. The number of amides is 2. The second-order valence-electron chi connectivity index (χ2n) is 6.45. The highest BCUT2D eigenvalue weighted by atomic mass is 35.5. The smallest absolute Gasteiger partial charge is 0.229 e. The van der Waals surface area contributed by atoms with Crippen molar-refractivity contribution in [2.75, 3.05) is 22.5 Å². The van der Waals surface area contributed by atoms with E-state index >= 15 is 0 Å². The van der Waals surface area contributed by atoms with Crippen LogP contribution in [0.3, 0.4) is 0 Å². The molecule has 2 aromatic rings. The fourth-order valence-corrected chi connectivity index (χ4v) is 4.00. The SMILES string of the molecule is CCS(=O)(=O)c1ccc(O)c(NC(=O)C2CC(=O)N(c3ccc(Cl)cc3)C2)c1. The Morgan fingerprint density at radius 1 is 1.25 bits per heavy atom. The largest absolute Gasteiger partial charge is 0.506 e. The van der Waals surface area contributed by atoms with Gasteiger partial charge in [0.25, 0.3) is 0 Å². The number of anilines is 2. The molecule has 0 aromatic heterocycles. The summed E-state index contributed by atoms with van der Waals surface area (Å²) in [6.45, 7) is 1.69. The molecule has 1 atom stereocenters. The Morgan fingerprint density at radius 3 is 2.57 bits per heavy atom. The maximum absolute atomic E-state index is 12.6. The number of aromatic hydroxyl groups is 1. The maximum atomic E-state index is 12.6. The highest BCUT2D eigenvalue weighted by Crippen LogP contribution is 2.30. The zero-order valence-electron chi connectivity index (χ0n) is 15.1. The first kappa shape index (κ1) is 20.2. The van der Waals surface area contributed by atoms with Crippen LogP contribution in [0.5, 0.6) is 5.75 Å². The van der Waals surface area contributed by atoms with Gasteiger partial charge in [-0.3, -0.25) is 9.59 Å². The van der Waals surface area contributed by atoms with Crippen LogP contribution in [-0.4, -0.2) is 37.6 Å². The van der Waals surface area contributed by atoms with Crippen molar-refractivity contribution in [3.8, 4) is 5.75 Å². The predicted octanol–water partition coefficient (Wildman–Crippen LogP) is 2.83. The van der Waals surface area contributed by atoms with E-state index in [9.17, 15) is 23.1 Å². The molecule has 1 unspecified atom stereocenters. The molecule has 2 N–H and O–H groups in total. The summed E-state index contributed by atoms with van der Waals surface area (Å²) in [7, 11) is -3.48. The summed E-state index contributed by atoms with van der Waals surface area (Å²) >= 11 is 5.86.